The van der Waals surface area contributed by atoms with E-state index in [4.69, 9.17) is 5.11 Å². The second-order valence-corrected chi connectivity index (χ2v) is 4.36. The summed E-state index contributed by atoms with van der Waals surface area (Å²) in [6.07, 6.45) is 0.385. The highest BCUT2D eigenvalue weighted by atomic mass is 16.4. The van der Waals surface area contributed by atoms with Crippen LogP contribution in [0.15, 0.2) is 0 Å². The number of carboxylic acid groups (broad SMARTS) is 1. The molecule has 0 aromatic heterocycles. The van der Waals surface area contributed by atoms with Gasteiger partial charge in [0.15, 0.2) is 0 Å². The standard InChI is InChI=1S/C10H18N2O3/c1-7(2)5-12-4-3-9(13)11-8(6-12)10(14)15/h7-8H,3-6H2,1-2H3,(H,11,13)(H,14,15). The molecule has 2 N–H and O–H groups in total. The molecular formula is C10H18N2O3. The van der Waals surface area contributed by atoms with Crippen molar-refractivity contribution in [1.29, 1.82) is 0 Å². The van der Waals surface area contributed by atoms with Gasteiger partial charge in [-0.1, -0.05) is 13.8 Å². The van der Waals surface area contributed by atoms with E-state index in [1.54, 1.807) is 0 Å². The zero-order chi connectivity index (χ0) is 11.4. The Hall–Kier alpha value is -1.10. The average Bonchev–Trinajstić information content (AvgIpc) is 2.27. The highest BCUT2D eigenvalue weighted by Gasteiger charge is 2.26. The van der Waals surface area contributed by atoms with Crippen LogP contribution in [0.2, 0.25) is 0 Å². The third-order valence-corrected chi connectivity index (χ3v) is 2.35. The Labute approximate surface area is 89.4 Å². The molecule has 1 saturated heterocycles. The van der Waals surface area contributed by atoms with E-state index in [-0.39, 0.29) is 5.91 Å². The van der Waals surface area contributed by atoms with E-state index in [0.29, 0.717) is 25.4 Å². The first-order chi connectivity index (χ1) is 6.99. The first-order valence-corrected chi connectivity index (χ1v) is 5.23. The maximum Gasteiger partial charge on any atom is 0.327 e. The Morgan fingerprint density at radius 1 is 1.67 bits per heavy atom. The van der Waals surface area contributed by atoms with Gasteiger partial charge in [0.05, 0.1) is 0 Å². The highest BCUT2D eigenvalue weighted by molar-refractivity contribution is 5.84. The summed E-state index contributed by atoms with van der Waals surface area (Å²) in [7, 11) is 0. The van der Waals surface area contributed by atoms with Crippen LogP contribution in [0.1, 0.15) is 20.3 Å². The predicted molar refractivity (Wildman–Crippen MR) is 55.5 cm³/mol. The van der Waals surface area contributed by atoms with Crippen molar-refractivity contribution in [2.24, 2.45) is 5.92 Å². The van der Waals surface area contributed by atoms with Crippen LogP contribution in [-0.4, -0.2) is 47.6 Å². The van der Waals surface area contributed by atoms with E-state index in [2.05, 4.69) is 19.2 Å². The van der Waals surface area contributed by atoms with Crippen LogP contribution in [0, 0.1) is 5.92 Å². The zero-order valence-electron chi connectivity index (χ0n) is 9.19. The number of nitrogens with zero attached hydrogens (tertiary/aromatic N) is 1. The first-order valence-electron chi connectivity index (χ1n) is 5.23. The van der Waals surface area contributed by atoms with Crippen LogP contribution in [0.4, 0.5) is 0 Å². The van der Waals surface area contributed by atoms with Gasteiger partial charge >= 0.3 is 5.97 Å². The lowest BCUT2D eigenvalue weighted by Crippen LogP contribution is -2.45. The largest absolute Gasteiger partial charge is 0.480 e. The maximum absolute atomic E-state index is 11.2. The molecule has 1 atom stereocenters. The summed E-state index contributed by atoms with van der Waals surface area (Å²) in [6, 6.07) is -0.765. The van der Waals surface area contributed by atoms with Crippen molar-refractivity contribution in [2.75, 3.05) is 19.6 Å². The van der Waals surface area contributed by atoms with Crippen LogP contribution in [0.5, 0.6) is 0 Å². The SMILES string of the molecule is CC(C)CN1CCC(=O)NC(C(=O)O)C1. The third-order valence-electron chi connectivity index (χ3n) is 2.35. The van der Waals surface area contributed by atoms with E-state index in [9.17, 15) is 9.59 Å². The minimum absolute atomic E-state index is 0.173. The molecule has 1 fully saturated rings. The molecule has 1 heterocycles. The Kier molecular flexibility index (Phi) is 4.08. The van der Waals surface area contributed by atoms with Crippen molar-refractivity contribution in [1.82, 2.24) is 10.2 Å². The van der Waals surface area contributed by atoms with Gasteiger partial charge in [0, 0.05) is 26.1 Å². The molecule has 1 aliphatic rings. The minimum Gasteiger partial charge on any atom is -0.480 e. The Bertz CT molecular complexity index is 253. The fourth-order valence-electron chi connectivity index (χ4n) is 1.74. The van der Waals surface area contributed by atoms with Crippen molar-refractivity contribution < 1.29 is 14.7 Å². The number of rotatable bonds is 3. The van der Waals surface area contributed by atoms with Gasteiger partial charge in [0.2, 0.25) is 5.91 Å². The second-order valence-electron chi connectivity index (χ2n) is 4.36. The van der Waals surface area contributed by atoms with Gasteiger partial charge in [-0.3, -0.25) is 9.69 Å². The Balaban J connectivity index is 2.60. The lowest BCUT2D eigenvalue weighted by Gasteiger charge is -2.23. The molecule has 15 heavy (non-hydrogen) atoms. The van der Waals surface area contributed by atoms with E-state index in [0.717, 1.165) is 6.54 Å². The number of hydrogen-bond donors (Lipinski definition) is 2. The summed E-state index contributed by atoms with van der Waals surface area (Å²) >= 11 is 0. The van der Waals surface area contributed by atoms with Crippen molar-refractivity contribution >= 4 is 11.9 Å². The van der Waals surface area contributed by atoms with Gasteiger partial charge in [-0.15, -0.1) is 0 Å². The minimum atomic E-state index is -0.959. The molecule has 0 aliphatic carbocycles. The van der Waals surface area contributed by atoms with Crippen molar-refractivity contribution in [2.45, 2.75) is 26.3 Å². The molecule has 5 heteroatoms. The summed E-state index contributed by atoms with van der Waals surface area (Å²) < 4.78 is 0. The lowest BCUT2D eigenvalue weighted by molar-refractivity contribution is -0.141. The second kappa shape index (κ2) is 5.11. The molecule has 1 rings (SSSR count). The molecule has 86 valence electrons. The molecule has 1 aliphatic heterocycles. The number of amides is 1. The Morgan fingerprint density at radius 2 is 2.33 bits per heavy atom. The van der Waals surface area contributed by atoms with Crippen molar-refractivity contribution in [3.8, 4) is 0 Å². The number of carbonyl (C=O) groups excluding carboxylic acids is 1. The summed E-state index contributed by atoms with van der Waals surface area (Å²) in [4.78, 5) is 24.1. The molecule has 5 nitrogen and oxygen atoms in total. The molecule has 0 spiro atoms. The zero-order valence-corrected chi connectivity index (χ0v) is 9.19. The van der Waals surface area contributed by atoms with Crippen molar-refractivity contribution in [3.63, 3.8) is 0 Å². The summed E-state index contributed by atoms with van der Waals surface area (Å²) in [6.45, 7) is 6.04. The fourth-order valence-corrected chi connectivity index (χ4v) is 1.74. The van der Waals surface area contributed by atoms with Crippen LogP contribution in [0.25, 0.3) is 0 Å². The summed E-state index contributed by atoms with van der Waals surface area (Å²) in [5.41, 5.74) is 0. The van der Waals surface area contributed by atoms with Gasteiger partial charge in [0.25, 0.3) is 0 Å². The first kappa shape index (κ1) is 12.0. The van der Waals surface area contributed by atoms with Gasteiger partial charge in [-0.2, -0.15) is 0 Å². The number of nitrogens with one attached hydrogen (secondary N) is 1. The van der Waals surface area contributed by atoms with Gasteiger partial charge in [0.1, 0.15) is 6.04 Å². The molecule has 0 radical (unpaired) electrons. The molecule has 1 unspecified atom stereocenters. The van der Waals surface area contributed by atoms with Gasteiger partial charge in [-0.25, -0.2) is 4.79 Å². The van der Waals surface area contributed by atoms with Gasteiger partial charge < -0.3 is 10.4 Å². The smallest absolute Gasteiger partial charge is 0.327 e. The summed E-state index contributed by atoms with van der Waals surface area (Å²) in [5.74, 6) is -0.652. The number of carbonyl (C=O) groups is 2. The van der Waals surface area contributed by atoms with Crippen LogP contribution < -0.4 is 5.32 Å². The van der Waals surface area contributed by atoms with E-state index >= 15 is 0 Å². The Morgan fingerprint density at radius 3 is 2.87 bits per heavy atom. The molecule has 1 amide bonds. The normalized spacial score (nSPS) is 23.7. The maximum atomic E-state index is 11.2. The lowest BCUT2D eigenvalue weighted by atomic mass is 10.2. The third kappa shape index (κ3) is 3.87. The van der Waals surface area contributed by atoms with Crippen LogP contribution >= 0.6 is 0 Å². The molecule has 0 bridgehead atoms. The summed E-state index contributed by atoms with van der Waals surface area (Å²) in [5, 5.41) is 11.4. The molecular weight excluding hydrogens is 196 g/mol. The van der Waals surface area contributed by atoms with E-state index in [1.807, 2.05) is 4.90 Å². The highest BCUT2D eigenvalue weighted by Crippen LogP contribution is 2.05. The monoisotopic (exact) mass is 214 g/mol. The van der Waals surface area contributed by atoms with E-state index in [1.165, 1.54) is 0 Å². The fraction of sp³-hybridized carbons (Fsp3) is 0.800. The average molecular weight is 214 g/mol. The van der Waals surface area contributed by atoms with Crippen LogP contribution in [-0.2, 0) is 9.59 Å². The molecule has 0 saturated carbocycles. The molecule has 0 aromatic carbocycles. The van der Waals surface area contributed by atoms with Gasteiger partial charge in [-0.05, 0) is 5.92 Å². The predicted octanol–water partition coefficient (Wildman–Crippen LogP) is -0.0825. The number of carboxylic acids is 1. The quantitative estimate of drug-likeness (QED) is 0.689. The van der Waals surface area contributed by atoms with E-state index < -0.39 is 12.0 Å². The number of aliphatic carboxylic acids is 1. The topological polar surface area (TPSA) is 69.6 Å². The number of hydrogen-bond acceptors (Lipinski definition) is 3. The molecule has 0 aromatic rings. The van der Waals surface area contributed by atoms with Crippen molar-refractivity contribution in [3.05, 3.63) is 0 Å². The van der Waals surface area contributed by atoms with Crippen LogP contribution in [0.3, 0.4) is 0 Å².